The highest BCUT2D eigenvalue weighted by Gasteiger charge is 2.34. The molecule has 2 aromatic heterocycles. The average molecular weight is 556 g/mol. The molecular weight excluding hydrogens is 521 g/mol. The van der Waals surface area contributed by atoms with Gasteiger partial charge in [-0.1, -0.05) is 36.4 Å². The zero-order valence-electron chi connectivity index (χ0n) is 21.6. The number of benzene rings is 1. The number of piperidine rings is 1. The summed E-state index contributed by atoms with van der Waals surface area (Å²) in [5.41, 5.74) is 1.51. The molecule has 2 atom stereocenters. The molecular formula is C28H34FN5O4S. The molecule has 1 aliphatic rings. The van der Waals surface area contributed by atoms with Gasteiger partial charge in [-0.3, -0.25) is 19.2 Å². The van der Waals surface area contributed by atoms with Crippen LogP contribution in [0.5, 0.6) is 0 Å². The number of sulfonamides is 1. The SMILES string of the molecule is O=C([C@@H](NS(=O)(=O)c1cnccc1N[C@H](CO)Cc1ccccc1)c1ccccn1)N1CCC(CCF)CC1. The topological polar surface area (TPSA) is 125 Å². The zero-order valence-corrected chi connectivity index (χ0v) is 22.4. The second-order valence-electron chi connectivity index (χ2n) is 9.64. The highest BCUT2D eigenvalue weighted by molar-refractivity contribution is 7.89. The van der Waals surface area contributed by atoms with E-state index in [-0.39, 0.29) is 35.5 Å². The molecule has 0 radical (unpaired) electrons. The molecule has 1 aromatic carbocycles. The highest BCUT2D eigenvalue weighted by Crippen LogP contribution is 2.27. The van der Waals surface area contributed by atoms with Gasteiger partial charge in [-0.2, -0.15) is 4.72 Å². The van der Waals surface area contributed by atoms with Crippen LogP contribution in [0.25, 0.3) is 0 Å². The van der Waals surface area contributed by atoms with Crippen molar-refractivity contribution in [3.63, 3.8) is 0 Å². The third kappa shape index (κ3) is 7.59. The van der Waals surface area contributed by atoms with Crippen molar-refractivity contribution >= 4 is 21.6 Å². The smallest absolute Gasteiger partial charge is 0.246 e. The average Bonchev–Trinajstić information content (AvgIpc) is 2.97. The highest BCUT2D eigenvalue weighted by atomic mass is 32.2. The summed E-state index contributed by atoms with van der Waals surface area (Å²) in [6.45, 7) is 0.230. The first-order valence-electron chi connectivity index (χ1n) is 13.0. The molecule has 1 aliphatic heterocycles. The van der Waals surface area contributed by atoms with Crippen molar-refractivity contribution in [1.29, 1.82) is 0 Å². The third-order valence-electron chi connectivity index (χ3n) is 6.93. The van der Waals surface area contributed by atoms with Gasteiger partial charge in [0.2, 0.25) is 15.9 Å². The molecule has 11 heteroatoms. The number of aliphatic hydroxyl groups is 1. The van der Waals surface area contributed by atoms with Crippen molar-refractivity contribution in [3.8, 4) is 0 Å². The summed E-state index contributed by atoms with van der Waals surface area (Å²) in [5.74, 6) is -0.199. The van der Waals surface area contributed by atoms with Crippen molar-refractivity contribution in [1.82, 2.24) is 19.6 Å². The molecule has 0 saturated carbocycles. The van der Waals surface area contributed by atoms with Crippen LogP contribution in [0.1, 0.15) is 36.6 Å². The lowest BCUT2D eigenvalue weighted by Gasteiger charge is -2.34. The van der Waals surface area contributed by atoms with Crippen LogP contribution in [-0.2, 0) is 21.2 Å². The maximum atomic E-state index is 13.7. The summed E-state index contributed by atoms with van der Waals surface area (Å²) in [6.07, 6.45) is 6.44. The van der Waals surface area contributed by atoms with Gasteiger partial charge in [-0.15, -0.1) is 0 Å². The number of likely N-dealkylation sites (tertiary alicyclic amines) is 1. The normalized spacial score (nSPS) is 16.0. The quantitative estimate of drug-likeness (QED) is 0.314. The van der Waals surface area contributed by atoms with Crippen LogP contribution in [0.4, 0.5) is 10.1 Å². The number of anilines is 1. The van der Waals surface area contributed by atoms with Crippen LogP contribution in [0, 0.1) is 5.92 Å². The van der Waals surface area contributed by atoms with Gasteiger partial charge in [0.05, 0.1) is 30.7 Å². The summed E-state index contributed by atoms with van der Waals surface area (Å²) in [7, 11) is -4.26. The number of alkyl halides is 1. The van der Waals surface area contributed by atoms with Gasteiger partial charge in [0, 0.05) is 31.7 Å². The summed E-state index contributed by atoms with van der Waals surface area (Å²) in [4.78, 5) is 23.3. The second-order valence-corrected chi connectivity index (χ2v) is 11.3. The molecule has 0 bridgehead atoms. The van der Waals surface area contributed by atoms with Gasteiger partial charge in [0.25, 0.3) is 0 Å². The minimum atomic E-state index is -4.26. The number of nitrogens with one attached hydrogen (secondary N) is 2. The van der Waals surface area contributed by atoms with E-state index in [1.165, 1.54) is 24.7 Å². The van der Waals surface area contributed by atoms with E-state index < -0.39 is 28.0 Å². The molecule has 208 valence electrons. The lowest BCUT2D eigenvalue weighted by Crippen LogP contribution is -2.46. The number of hydrogen-bond acceptors (Lipinski definition) is 7. The first-order chi connectivity index (χ1) is 18.9. The molecule has 0 spiro atoms. The number of halogens is 1. The molecule has 1 amide bonds. The minimum Gasteiger partial charge on any atom is -0.394 e. The first-order valence-corrected chi connectivity index (χ1v) is 14.5. The molecule has 1 saturated heterocycles. The number of aliphatic hydroxyl groups excluding tert-OH is 1. The molecule has 4 rings (SSSR count). The van der Waals surface area contributed by atoms with Crippen molar-refractivity contribution < 1.29 is 22.7 Å². The van der Waals surface area contributed by atoms with Gasteiger partial charge < -0.3 is 15.3 Å². The van der Waals surface area contributed by atoms with Gasteiger partial charge in [0.15, 0.2) is 0 Å². The lowest BCUT2D eigenvalue weighted by atomic mass is 9.93. The van der Waals surface area contributed by atoms with Gasteiger partial charge >= 0.3 is 0 Å². The molecule has 3 heterocycles. The number of rotatable bonds is 12. The molecule has 0 unspecified atom stereocenters. The predicted molar refractivity (Wildman–Crippen MR) is 146 cm³/mol. The Morgan fingerprint density at radius 2 is 1.82 bits per heavy atom. The number of aromatic nitrogens is 2. The summed E-state index contributed by atoms with van der Waals surface area (Å²) in [5, 5.41) is 13.1. The zero-order chi connectivity index (χ0) is 27.7. The van der Waals surface area contributed by atoms with Crippen LogP contribution >= 0.6 is 0 Å². The Labute approximate surface area is 228 Å². The molecule has 1 fully saturated rings. The Bertz CT molecular complexity index is 1310. The number of nitrogens with zero attached hydrogens (tertiary/aromatic N) is 3. The molecule has 3 aromatic rings. The van der Waals surface area contributed by atoms with Crippen LogP contribution in [0.15, 0.2) is 78.1 Å². The number of hydrogen-bond donors (Lipinski definition) is 3. The van der Waals surface area contributed by atoms with E-state index >= 15 is 0 Å². The number of carbonyl (C=O) groups is 1. The molecule has 9 nitrogen and oxygen atoms in total. The Kier molecular flexibility index (Phi) is 9.96. The summed E-state index contributed by atoms with van der Waals surface area (Å²) >= 11 is 0. The van der Waals surface area contributed by atoms with Gasteiger partial charge in [-0.05, 0) is 55.4 Å². The maximum Gasteiger partial charge on any atom is 0.246 e. The second kappa shape index (κ2) is 13.6. The Balaban J connectivity index is 1.56. The molecule has 3 N–H and O–H groups in total. The Hall–Kier alpha value is -3.41. The third-order valence-corrected chi connectivity index (χ3v) is 8.38. The standard InChI is InChI=1S/C28H34FN5O4S/c29-13-9-21-11-16-34(17-12-21)28(36)27(25-8-4-5-14-31-25)33-39(37,38)26-19-30-15-10-24(26)32-23(20-35)18-22-6-2-1-3-7-22/h1-8,10,14-15,19,21,23,27,33,35H,9,11-13,16-18,20H2,(H,30,32)/t23-,27-/m0/s1. The number of carbonyl (C=O) groups excluding carboxylic acids is 1. The monoisotopic (exact) mass is 555 g/mol. The van der Waals surface area contributed by atoms with Gasteiger partial charge in [0.1, 0.15) is 10.9 Å². The Morgan fingerprint density at radius 3 is 2.49 bits per heavy atom. The van der Waals surface area contributed by atoms with E-state index in [9.17, 15) is 22.7 Å². The Morgan fingerprint density at radius 1 is 1.08 bits per heavy atom. The first kappa shape index (κ1) is 28.6. The fourth-order valence-electron chi connectivity index (χ4n) is 4.77. The van der Waals surface area contributed by atoms with E-state index in [1.807, 2.05) is 30.3 Å². The van der Waals surface area contributed by atoms with E-state index in [4.69, 9.17) is 0 Å². The van der Waals surface area contributed by atoms with Crippen LogP contribution in [0.2, 0.25) is 0 Å². The summed E-state index contributed by atoms with van der Waals surface area (Å²) < 4.78 is 42.7. The van der Waals surface area contributed by atoms with Gasteiger partial charge in [-0.25, -0.2) is 8.42 Å². The van der Waals surface area contributed by atoms with Crippen molar-refractivity contribution in [2.24, 2.45) is 5.92 Å². The molecule has 0 aliphatic carbocycles. The maximum absolute atomic E-state index is 13.7. The van der Waals surface area contributed by atoms with Crippen LogP contribution in [0.3, 0.4) is 0 Å². The van der Waals surface area contributed by atoms with E-state index in [2.05, 4.69) is 20.0 Å². The van der Waals surface area contributed by atoms with Crippen molar-refractivity contribution in [2.75, 3.05) is 31.7 Å². The fourth-order valence-corrected chi connectivity index (χ4v) is 6.05. The minimum absolute atomic E-state index is 0.146. The summed E-state index contributed by atoms with van der Waals surface area (Å²) in [6, 6.07) is 14.4. The van der Waals surface area contributed by atoms with E-state index in [1.54, 1.807) is 23.1 Å². The number of amides is 1. The molecule has 39 heavy (non-hydrogen) atoms. The van der Waals surface area contributed by atoms with Crippen LogP contribution in [-0.4, -0.2) is 66.7 Å². The fraction of sp³-hybridized carbons (Fsp3) is 0.393. The van der Waals surface area contributed by atoms with Crippen molar-refractivity contribution in [3.05, 3.63) is 84.4 Å². The predicted octanol–water partition coefficient (Wildman–Crippen LogP) is 3.11. The van der Waals surface area contributed by atoms with Crippen molar-refractivity contribution in [2.45, 2.75) is 42.7 Å². The largest absolute Gasteiger partial charge is 0.394 e. The van der Waals surface area contributed by atoms with E-state index in [0.717, 1.165) is 5.56 Å². The number of pyridine rings is 2. The van der Waals surface area contributed by atoms with Crippen LogP contribution < -0.4 is 10.0 Å². The lowest BCUT2D eigenvalue weighted by molar-refractivity contribution is -0.134. The van der Waals surface area contributed by atoms with E-state index in [0.29, 0.717) is 38.8 Å².